The number of hydrogen-bond acceptors (Lipinski definition) is 3. The van der Waals surface area contributed by atoms with E-state index in [0.29, 0.717) is 0 Å². The monoisotopic (exact) mass is 243 g/mol. The molecular weight excluding hydrogens is 235 g/mol. The van der Waals surface area contributed by atoms with Gasteiger partial charge in [0.2, 0.25) is 0 Å². The molecule has 0 amide bonds. The molecule has 0 saturated carbocycles. The summed E-state index contributed by atoms with van der Waals surface area (Å²) < 4.78 is 38.4. The number of rotatable bonds is 2. The van der Waals surface area contributed by atoms with Crippen molar-refractivity contribution in [2.45, 2.75) is 12.8 Å². The van der Waals surface area contributed by atoms with Crippen LogP contribution in [-0.4, -0.2) is 20.3 Å². The molecule has 0 saturated heterocycles. The molecule has 0 unspecified atom stereocenters. The molecule has 0 aliphatic carbocycles. The van der Waals surface area contributed by atoms with Crippen LogP contribution in [0.3, 0.4) is 0 Å². The Kier molecular flexibility index (Phi) is 2.84. The van der Waals surface area contributed by atoms with Gasteiger partial charge in [0.15, 0.2) is 0 Å². The van der Waals surface area contributed by atoms with Gasteiger partial charge >= 0.3 is 6.18 Å². The van der Waals surface area contributed by atoms with Gasteiger partial charge in [-0.25, -0.2) is 0 Å². The molecule has 0 atom stereocenters. The lowest BCUT2D eigenvalue weighted by atomic mass is 10.1. The third-order valence-corrected chi connectivity index (χ3v) is 2.20. The number of nitrogens with one attached hydrogen (secondary N) is 1. The fourth-order valence-electron chi connectivity index (χ4n) is 1.42. The summed E-state index contributed by atoms with van der Waals surface area (Å²) in [6.07, 6.45) is -0.727. The summed E-state index contributed by atoms with van der Waals surface area (Å²) in [7, 11) is 0. The van der Waals surface area contributed by atoms with Gasteiger partial charge in [-0.05, 0) is 11.6 Å². The van der Waals surface area contributed by atoms with E-state index in [1.807, 2.05) is 0 Å². The second kappa shape index (κ2) is 4.17. The van der Waals surface area contributed by atoms with Gasteiger partial charge in [-0.3, -0.25) is 10.1 Å². The number of H-pyrrole nitrogens is 1. The zero-order valence-corrected chi connectivity index (χ0v) is 8.49. The normalized spacial score (nSPS) is 11.8. The third kappa shape index (κ3) is 2.28. The van der Waals surface area contributed by atoms with Crippen LogP contribution in [0.25, 0.3) is 11.3 Å². The van der Waals surface area contributed by atoms with Crippen LogP contribution in [0, 0.1) is 0 Å². The number of pyridine rings is 1. The molecule has 90 valence electrons. The second-order valence-electron chi connectivity index (χ2n) is 3.38. The molecule has 4 nitrogen and oxygen atoms in total. The van der Waals surface area contributed by atoms with E-state index >= 15 is 0 Å². The Labute approximate surface area is 94.1 Å². The SMILES string of the molecule is OCc1cnc(-c2cn[nH]c2)c(C(F)(F)F)c1. The van der Waals surface area contributed by atoms with E-state index in [-0.39, 0.29) is 16.8 Å². The minimum absolute atomic E-state index is 0.115. The van der Waals surface area contributed by atoms with Crippen molar-refractivity contribution in [3.8, 4) is 11.3 Å². The van der Waals surface area contributed by atoms with E-state index in [1.54, 1.807) is 0 Å². The zero-order chi connectivity index (χ0) is 12.5. The molecule has 17 heavy (non-hydrogen) atoms. The van der Waals surface area contributed by atoms with E-state index in [4.69, 9.17) is 5.11 Å². The lowest BCUT2D eigenvalue weighted by molar-refractivity contribution is -0.137. The molecule has 0 aliphatic heterocycles. The summed E-state index contributed by atoms with van der Waals surface area (Å²) in [5.74, 6) is 0. The third-order valence-electron chi connectivity index (χ3n) is 2.20. The number of halogens is 3. The Balaban J connectivity index is 2.59. The highest BCUT2D eigenvalue weighted by Gasteiger charge is 2.35. The van der Waals surface area contributed by atoms with Crippen molar-refractivity contribution < 1.29 is 18.3 Å². The van der Waals surface area contributed by atoms with Gasteiger partial charge in [0.25, 0.3) is 0 Å². The minimum atomic E-state index is -4.52. The number of aliphatic hydroxyl groups excluding tert-OH is 1. The van der Waals surface area contributed by atoms with Crippen molar-refractivity contribution in [3.05, 3.63) is 35.8 Å². The first-order valence-corrected chi connectivity index (χ1v) is 4.68. The van der Waals surface area contributed by atoms with Crippen LogP contribution in [-0.2, 0) is 12.8 Å². The summed E-state index contributed by atoms with van der Waals surface area (Å²) in [6.45, 7) is -0.484. The number of aromatic amines is 1. The van der Waals surface area contributed by atoms with Gasteiger partial charge < -0.3 is 5.11 Å². The Bertz CT molecular complexity index is 508. The molecule has 2 aromatic rings. The lowest BCUT2D eigenvalue weighted by Crippen LogP contribution is -2.09. The van der Waals surface area contributed by atoms with Crippen LogP contribution >= 0.6 is 0 Å². The first-order chi connectivity index (χ1) is 8.02. The van der Waals surface area contributed by atoms with Crippen molar-refractivity contribution in [2.75, 3.05) is 0 Å². The molecule has 0 aliphatic rings. The van der Waals surface area contributed by atoms with Crippen LogP contribution in [0.1, 0.15) is 11.1 Å². The molecule has 0 spiro atoms. The lowest BCUT2D eigenvalue weighted by Gasteiger charge is -2.11. The van der Waals surface area contributed by atoms with Gasteiger partial charge in [0.05, 0.1) is 24.1 Å². The van der Waals surface area contributed by atoms with Crippen LogP contribution in [0.5, 0.6) is 0 Å². The predicted molar refractivity (Wildman–Crippen MR) is 52.7 cm³/mol. The maximum absolute atomic E-state index is 12.8. The molecule has 2 heterocycles. The average molecular weight is 243 g/mol. The minimum Gasteiger partial charge on any atom is -0.392 e. The molecule has 0 fully saturated rings. The van der Waals surface area contributed by atoms with E-state index in [1.165, 1.54) is 18.6 Å². The van der Waals surface area contributed by atoms with Crippen LogP contribution in [0.4, 0.5) is 13.2 Å². The molecule has 0 radical (unpaired) electrons. The first kappa shape index (κ1) is 11.6. The fourth-order valence-corrected chi connectivity index (χ4v) is 1.42. The van der Waals surface area contributed by atoms with E-state index in [0.717, 1.165) is 6.07 Å². The second-order valence-corrected chi connectivity index (χ2v) is 3.38. The summed E-state index contributed by atoms with van der Waals surface area (Å²) in [4.78, 5) is 3.72. The summed E-state index contributed by atoms with van der Waals surface area (Å²) in [6, 6.07) is 0.884. The number of aliphatic hydroxyl groups is 1. The fraction of sp³-hybridized carbons (Fsp3) is 0.200. The smallest absolute Gasteiger partial charge is 0.392 e. The topological polar surface area (TPSA) is 61.8 Å². The number of nitrogens with zero attached hydrogens (tertiary/aromatic N) is 2. The van der Waals surface area contributed by atoms with Crippen molar-refractivity contribution in [3.63, 3.8) is 0 Å². The number of hydrogen-bond donors (Lipinski definition) is 2. The van der Waals surface area contributed by atoms with Crippen LogP contribution in [0.2, 0.25) is 0 Å². The molecule has 7 heteroatoms. The molecule has 2 rings (SSSR count). The molecule has 0 bridgehead atoms. The van der Waals surface area contributed by atoms with Gasteiger partial charge in [0, 0.05) is 18.0 Å². The quantitative estimate of drug-likeness (QED) is 0.847. The van der Waals surface area contributed by atoms with Gasteiger partial charge in [-0.15, -0.1) is 0 Å². The largest absolute Gasteiger partial charge is 0.418 e. The first-order valence-electron chi connectivity index (χ1n) is 4.68. The van der Waals surface area contributed by atoms with Crippen LogP contribution in [0.15, 0.2) is 24.7 Å². The predicted octanol–water partition coefficient (Wildman–Crippen LogP) is 1.98. The zero-order valence-electron chi connectivity index (χ0n) is 8.49. The highest BCUT2D eigenvalue weighted by Crippen LogP contribution is 2.35. The maximum atomic E-state index is 12.8. The Morgan fingerprint density at radius 3 is 2.59 bits per heavy atom. The Morgan fingerprint density at radius 1 is 1.29 bits per heavy atom. The number of aromatic nitrogens is 3. The van der Waals surface area contributed by atoms with Gasteiger partial charge in [-0.2, -0.15) is 18.3 Å². The molecule has 2 aromatic heterocycles. The highest BCUT2D eigenvalue weighted by molar-refractivity contribution is 5.62. The van der Waals surface area contributed by atoms with Crippen molar-refractivity contribution in [2.24, 2.45) is 0 Å². The van der Waals surface area contributed by atoms with Crippen molar-refractivity contribution in [1.29, 1.82) is 0 Å². The van der Waals surface area contributed by atoms with Crippen molar-refractivity contribution >= 4 is 0 Å². The van der Waals surface area contributed by atoms with Gasteiger partial charge in [0.1, 0.15) is 0 Å². The van der Waals surface area contributed by atoms with Gasteiger partial charge in [-0.1, -0.05) is 0 Å². The van der Waals surface area contributed by atoms with E-state index in [9.17, 15) is 13.2 Å². The van der Waals surface area contributed by atoms with Crippen molar-refractivity contribution in [1.82, 2.24) is 15.2 Å². The molecule has 2 N–H and O–H groups in total. The summed E-state index contributed by atoms with van der Waals surface area (Å²) in [5, 5.41) is 14.8. The Morgan fingerprint density at radius 2 is 2.06 bits per heavy atom. The Hall–Kier alpha value is -1.89. The molecular formula is C10H8F3N3O. The summed E-state index contributed by atoms with van der Waals surface area (Å²) >= 11 is 0. The highest BCUT2D eigenvalue weighted by atomic mass is 19.4. The summed E-state index contributed by atoms with van der Waals surface area (Å²) in [5.41, 5.74) is -0.722. The van der Waals surface area contributed by atoms with E-state index in [2.05, 4.69) is 15.2 Å². The molecule has 0 aromatic carbocycles. The standard InChI is InChI=1S/C10H8F3N3O/c11-10(12,13)8-1-6(5-17)2-14-9(8)7-3-15-16-4-7/h1-4,17H,5H2,(H,15,16). The number of alkyl halides is 3. The average Bonchev–Trinajstić information content (AvgIpc) is 2.80. The van der Waals surface area contributed by atoms with Crippen LogP contribution < -0.4 is 0 Å². The van der Waals surface area contributed by atoms with E-state index < -0.39 is 18.3 Å². The maximum Gasteiger partial charge on any atom is 0.418 e.